The number of nitrogens with one attached hydrogen (secondary N) is 1. The SMILES string of the molecule is COc1ccc(CNC(=O)C2(C#N)CCC2)cn1. The first-order valence-corrected chi connectivity index (χ1v) is 5.89. The first kappa shape index (κ1) is 12.4. The Hall–Kier alpha value is -2.09. The van der Waals surface area contributed by atoms with Gasteiger partial charge in [0.15, 0.2) is 0 Å². The molecule has 1 aliphatic rings. The Morgan fingerprint density at radius 1 is 1.61 bits per heavy atom. The fourth-order valence-electron chi connectivity index (χ4n) is 1.91. The lowest BCUT2D eigenvalue weighted by Gasteiger charge is -2.33. The zero-order chi connectivity index (χ0) is 13.0. The van der Waals surface area contributed by atoms with E-state index >= 15 is 0 Å². The summed E-state index contributed by atoms with van der Waals surface area (Å²) in [6, 6.07) is 5.70. The van der Waals surface area contributed by atoms with Gasteiger partial charge < -0.3 is 10.1 Å². The molecule has 0 bridgehead atoms. The Morgan fingerprint density at radius 3 is 2.83 bits per heavy atom. The third kappa shape index (κ3) is 2.28. The second kappa shape index (κ2) is 5.05. The molecule has 94 valence electrons. The number of rotatable bonds is 4. The number of ether oxygens (including phenoxy) is 1. The highest BCUT2D eigenvalue weighted by molar-refractivity contribution is 5.86. The third-order valence-electron chi connectivity index (χ3n) is 3.32. The molecule has 0 unspecified atom stereocenters. The van der Waals surface area contributed by atoms with E-state index in [2.05, 4.69) is 16.4 Å². The van der Waals surface area contributed by atoms with Crippen molar-refractivity contribution in [3.05, 3.63) is 23.9 Å². The van der Waals surface area contributed by atoms with Gasteiger partial charge in [-0.05, 0) is 24.8 Å². The summed E-state index contributed by atoms with van der Waals surface area (Å²) >= 11 is 0. The van der Waals surface area contributed by atoms with E-state index in [1.165, 1.54) is 0 Å². The molecule has 1 fully saturated rings. The molecule has 1 aromatic rings. The van der Waals surface area contributed by atoms with Crippen LogP contribution in [0, 0.1) is 16.7 Å². The normalized spacial score (nSPS) is 16.2. The monoisotopic (exact) mass is 245 g/mol. The molecule has 0 atom stereocenters. The molecule has 0 aromatic carbocycles. The summed E-state index contributed by atoms with van der Waals surface area (Å²) in [5.74, 6) is 0.365. The van der Waals surface area contributed by atoms with Crippen molar-refractivity contribution in [2.75, 3.05) is 7.11 Å². The lowest BCUT2D eigenvalue weighted by Crippen LogP contribution is -2.44. The fourth-order valence-corrected chi connectivity index (χ4v) is 1.91. The van der Waals surface area contributed by atoms with Crippen LogP contribution >= 0.6 is 0 Å². The number of hydrogen-bond acceptors (Lipinski definition) is 4. The van der Waals surface area contributed by atoms with Crippen molar-refractivity contribution < 1.29 is 9.53 Å². The van der Waals surface area contributed by atoms with Gasteiger partial charge in [-0.15, -0.1) is 0 Å². The Bertz CT molecular complexity index is 472. The lowest BCUT2D eigenvalue weighted by atomic mass is 9.69. The van der Waals surface area contributed by atoms with Crippen LogP contribution < -0.4 is 10.1 Å². The largest absolute Gasteiger partial charge is 0.481 e. The Balaban J connectivity index is 1.91. The van der Waals surface area contributed by atoms with Crippen LogP contribution in [0.25, 0.3) is 0 Å². The smallest absolute Gasteiger partial charge is 0.240 e. The molecular formula is C13H15N3O2. The van der Waals surface area contributed by atoms with Crippen molar-refractivity contribution in [2.45, 2.75) is 25.8 Å². The molecule has 5 heteroatoms. The van der Waals surface area contributed by atoms with Gasteiger partial charge in [-0.2, -0.15) is 5.26 Å². The summed E-state index contributed by atoms with van der Waals surface area (Å²) in [4.78, 5) is 15.9. The Morgan fingerprint density at radius 2 is 2.39 bits per heavy atom. The van der Waals surface area contributed by atoms with Gasteiger partial charge in [0.05, 0.1) is 13.2 Å². The van der Waals surface area contributed by atoms with Crippen molar-refractivity contribution in [2.24, 2.45) is 5.41 Å². The topological polar surface area (TPSA) is 75.0 Å². The number of nitriles is 1. The van der Waals surface area contributed by atoms with Crippen molar-refractivity contribution in [1.29, 1.82) is 5.26 Å². The van der Waals surface area contributed by atoms with Crippen LogP contribution in [0.5, 0.6) is 5.88 Å². The maximum Gasteiger partial charge on any atom is 0.240 e. The van der Waals surface area contributed by atoms with Gasteiger partial charge in [0.1, 0.15) is 5.41 Å². The molecule has 2 rings (SSSR count). The maximum absolute atomic E-state index is 11.9. The van der Waals surface area contributed by atoms with Gasteiger partial charge in [-0.3, -0.25) is 4.79 Å². The predicted octanol–water partition coefficient (Wildman–Crippen LogP) is 1.40. The Labute approximate surface area is 106 Å². The van der Waals surface area contributed by atoms with Crippen LogP contribution in [0.3, 0.4) is 0 Å². The molecule has 0 spiro atoms. The molecule has 1 amide bonds. The number of methoxy groups -OCH3 is 1. The van der Waals surface area contributed by atoms with Crippen LogP contribution in [0.15, 0.2) is 18.3 Å². The number of hydrogen-bond donors (Lipinski definition) is 1. The van der Waals surface area contributed by atoms with Crippen LogP contribution in [0.4, 0.5) is 0 Å². The number of carbonyl (C=O) groups excluding carboxylic acids is 1. The second-order valence-corrected chi connectivity index (χ2v) is 4.44. The summed E-state index contributed by atoms with van der Waals surface area (Å²) in [5.41, 5.74) is 0.0939. The van der Waals surface area contributed by atoms with Crippen LogP contribution in [-0.2, 0) is 11.3 Å². The van der Waals surface area contributed by atoms with Crippen molar-refractivity contribution in [1.82, 2.24) is 10.3 Å². The summed E-state index contributed by atoms with van der Waals surface area (Å²) in [6.45, 7) is 0.388. The highest BCUT2D eigenvalue weighted by Gasteiger charge is 2.44. The van der Waals surface area contributed by atoms with E-state index in [1.807, 2.05) is 6.07 Å². The van der Waals surface area contributed by atoms with Crippen molar-refractivity contribution in [3.63, 3.8) is 0 Å². The minimum atomic E-state index is -0.792. The zero-order valence-electron chi connectivity index (χ0n) is 10.3. The van der Waals surface area contributed by atoms with E-state index in [0.29, 0.717) is 25.3 Å². The van der Waals surface area contributed by atoms with Crippen LogP contribution in [0.2, 0.25) is 0 Å². The van der Waals surface area contributed by atoms with E-state index in [1.54, 1.807) is 19.4 Å². The summed E-state index contributed by atoms with van der Waals surface area (Å²) in [5, 5.41) is 11.8. The lowest BCUT2D eigenvalue weighted by molar-refractivity contribution is -0.131. The van der Waals surface area contributed by atoms with Crippen molar-refractivity contribution >= 4 is 5.91 Å². The van der Waals surface area contributed by atoms with Gasteiger partial charge in [-0.1, -0.05) is 6.07 Å². The first-order chi connectivity index (χ1) is 8.70. The number of pyridine rings is 1. The third-order valence-corrected chi connectivity index (χ3v) is 3.32. The second-order valence-electron chi connectivity index (χ2n) is 4.44. The molecule has 1 saturated carbocycles. The summed E-state index contributed by atoms with van der Waals surface area (Å²) in [7, 11) is 1.55. The van der Waals surface area contributed by atoms with E-state index in [0.717, 1.165) is 12.0 Å². The van der Waals surface area contributed by atoms with Gasteiger partial charge in [-0.25, -0.2) is 4.98 Å². The quantitative estimate of drug-likeness (QED) is 0.870. The molecule has 18 heavy (non-hydrogen) atoms. The minimum absolute atomic E-state index is 0.174. The van der Waals surface area contributed by atoms with Crippen LogP contribution in [-0.4, -0.2) is 18.0 Å². The summed E-state index contributed by atoms with van der Waals surface area (Å²) < 4.78 is 4.95. The maximum atomic E-state index is 11.9. The van der Waals surface area contributed by atoms with E-state index < -0.39 is 5.41 Å². The van der Waals surface area contributed by atoms with E-state index in [4.69, 9.17) is 10.00 Å². The van der Waals surface area contributed by atoms with Gasteiger partial charge in [0.2, 0.25) is 11.8 Å². The minimum Gasteiger partial charge on any atom is -0.481 e. The van der Waals surface area contributed by atoms with Crippen molar-refractivity contribution in [3.8, 4) is 11.9 Å². The molecule has 0 radical (unpaired) electrons. The van der Waals surface area contributed by atoms with Gasteiger partial charge in [0, 0.05) is 18.8 Å². The average Bonchev–Trinajstić information content (AvgIpc) is 2.36. The van der Waals surface area contributed by atoms with E-state index in [-0.39, 0.29) is 5.91 Å². The fraction of sp³-hybridized carbons (Fsp3) is 0.462. The average molecular weight is 245 g/mol. The molecule has 0 saturated heterocycles. The van der Waals surface area contributed by atoms with E-state index in [9.17, 15) is 4.79 Å². The number of carbonyl (C=O) groups is 1. The number of nitrogens with zero attached hydrogens (tertiary/aromatic N) is 2. The first-order valence-electron chi connectivity index (χ1n) is 5.89. The molecule has 0 aliphatic heterocycles. The summed E-state index contributed by atoms with van der Waals surface area (Å²) in [6.07, 6.45) is 3.93. The van der Waals surface area contributed by atoms with Crippen LogP contribution in [0.1, 0.15) is 24.8 Å². The van der Waals surface area contributed by atoms with Gasteiger partial charge in [0.25, 0.3) is 0 Å². The number of aromatic nitrogens is 1. The standard InChI is InChI=1S/C13H15N3O2/c1-18-11-4-3-10(7-15-11)8-16-12(17)13(9-14)5-2-6-13/h3-4,7H,2,5-6,8H2,1H3,(H,16,17). The van der Waals surface area contributed by atoms with Gasteiger partial charge >= 0.3 is 0 Å². The molecule has 5 nitrogen and oxygen atoms in total. The zero-order valence-corrected chi connectivity index (χ0v) is 10.3. The molecule has 1 aliphatic carbocycles. The highest BCUT2D eigenvalue weighted by Crippen LogP contribution is 2.40. The predicted molar refractivity (Wildman–Crippen MR) is 64.5 cm³/mol. The molecule has 1 aromatic heterocycles. The Kier molecular flexibility index (Phi) is 3.47. The molecular weight excluding hydrogens is 230 g/mol. The molecule has 1 N–H and O–H groups in total. The molecule has 1 heterocycles. The number of amides is 1. The highest BCUT2D eigenvalue weighted by atomic mass is 16.5.